The van der Waals surface area contributed by atoms with Crippen molar-refractivity contribution in [3.05, 3.63) is 60.2 Å². The second-order valence-corrected chi connectivity index (χ2v) is 11.6. The van der Waals surface area contributed by atoms with E-state index in [1.165, 1.54) is 0 Å². The van der Waals surface area contributed by atoms with Crippen molar-refractivity contribution in [1.29, 1.82) is 0 Å². The second kappa shape index (κ2) is 23.2. The van der Waals surface area contributed by atoms with Crippen LogP contribution in [0.1, 0.15) is 24.2 Å². The van der Waals surface area contributed by atoms with Crippen molar-refractivity contribution in [2.45, 2.75) is 38.0 Å². The van der Waals surface area contributed by atoms with E-state index >= 15 is 0 Å². The van der Waals surface area contributed by atoms with Crippen molar-refractivity contribution in [3.63, 3.8) is 0 Å². The molecule has 0 aliphatic carbocycles. The SMILES string of the molecule is NC(CCOCCO)C(=O)NN1CCN(Cc2ccccn2)CCN(NC(=O)C(N)CCOCCO)CCN(Cc2ccccn2)CC1. The quantitative estimate of drug-likeness (QED) is 0.0939. The fourth-order valence-corrected chi connectivity index (χ4v) is 4.97. The number of hydrogen-bond acceptors (Lipinski definition) is 14. The van der Waals surface area contributed by atoms with E-state index in [0.717, 1.165) is 11.4 Å². The topological polar surface area (TPSA) is 208 Å². The maximum absolute atomic E-state index is 13.1. The highest BCUT2D eigenvalue weighted by Crippen LogP contribution is 2.07. The standard InChI is InChI=1S/C32H54N10O6/c33-29(7-21-47-23-19-43)31(45)37-41-15-11-39(25-27-5-1-3-9-35-27)12-16-42(38-32(46)30(34)8-22-48-24-20-44)18-14-40(13-17-41)26-28-6-2-4-10-36-28/h1-6,9-10,29-30,43-44H,7-8,11-26,33-34H2,(H,37,45)(H,38,46). The number of aliphatic hydroxyl groups excluding tert-OH is 2. The average Bonchev–Trinajstić information content (AvgIpc) is 3.10. The fourth-order valence-electron chi connectivity index (χ4n) is 4.97. The molecule has 2 aromatic rings. The number of hydrazine groups is 2. The van der Waals surface area contributed by atoms with Crippen LogP contribution in [0.15, 0.2) is 48.8 Å². The second-order valence-electron chi connectivity index (χ2n) is 11.6. The monoisotopic (exact) mass is 674 g/mol. The van der Waals surface area contributed by atoms with Gasteiger partial charge in [0.05, 0.1) is 49.9 Å². The van der Waals surface area contributed by atoms with Crippen LogP contribution in [0, 0.1) is 0 Å². The van der Waals surface area contributed by atoms with E-state index in [1.807, 2.05) is 46.4 Å². The molecule has 8 N–H and O–H groups in total. The summed E-state index contributed by atoms with van der Waals surface area (Å²) < 4.78 is 10.6. The molecule has 16 heteroatoms. The normalized spacial score (nSPS) is 17.6. The molecule has 16 nitrogen and oxygen atoms in total. The highest BCUT2D eigenvalue weighted by molar-refractivity contribution is 5.81. The number of nitrogens with zero attached hydrogens (tertiary/aromatic N) is 6. The van der Waals surface area contributed by atoms with Crippen molar-refractivity contribution in [3.8, 4) is 0 Å². The third kappa shape index (κ3) is 15.8. The van der Waals surface area contributed by atoms with E-state index in [9.17, 15) is 9.59 Å². The van der Waals surface area contributed by atoms with Crippen LogP contribution < -0.4 is 22.3 Å². The number of pyridine rings is 2. The summed E-state index contributed by atoms with van der Waals surface area (Å²) in [6.07, 6.45) is 4.19. The lowest BCUT2D eigenvalue weighted by Gasteiger charge is -2.34. The Hall–Kier alpha value is -3.16. The van der Waals surface area contributed by atoms with Crippen molar-refractivity contribution in [1.82, 2.24) is 40.6 Å². The van der Waals surface area contributed by atoms with Crippen LogP contribution >= 0.6 is 0 Å². The lowest BCUT2D eigenvalue weighted by molar-refractivity contribution is -0.128. The highest BCUT2D eigenvalue weighted by Gasteiger charge is 2.22. The minimum absolute atomic E-state index is 0.0849. The van der Waals surface area contributed by atoms with Gasteiger partial charge in [0.1, 0.15) is 0 Å². The van der Waals surface area contributed by atoms with Crippen molar-refractivity contribution < 1.29 is 29.3 Å². The van der Waals surface area contributed by atoms with E-state index in [1.54, 1.807) is 12.4 Å². The molecule has 0 aromatic carbocycles. The molecule has 2 aromatic heterocycles. The molecule has 3 rings (SSSR count). The Morgan fingerprint density at radius 2 is 1.06 bits per heavy atom. The lowest BCUT2D eigenvalue weighted by atomic mass is 10.2. The van der Waals surface area contributed by atoms with Gasteiger partial charge in [-0.25, -0.2) is 10.0 Å². The van der Waals surface area contributed by atoms with Gasteiger partial charge >= 0.3 is 0 Å². The smallest absolute Gasteiger partial charge is 0.251 e. The van der Waals surface area contributed by atoms with Gasteiger partial charge in [-0.05, 0) is 37.1 Å². The Bertz CT molecular complexity index is 1050. The summed E-state index contributed by atoms with van der Waals surface area (Å²) in [6.45, 7) is 6.47. The molecule has 2 atom stereocenters. The van der Waals surface area contributed by atoms with Crippen LogP contribution in [-0.2, 0) is 32.2 Å². The summed E-state index contributed by atoms with van der Waals surface area (Å²) >= 11 is 0. The zero-order chi connectivity index (χ0) is 34.4. The van der Waals surface area contributed by atoms with E-state index in [0.29, 0.717) is 78.3 Å². The molecule has 1 aliphatic rings. The van der Waals surface area contributed by atoms with E-state index < -0.39 is 12.1 Å². The molecule has 0 bridgehead atoms. The largest absolute Gasteiger partial charge is 0.394 e. The van der Waals surface area contributed by atoms with Gasteiger partial charge in [0.25, 0.3) is 11.8 Å². The van der Waals surface area contributed by atoms with Crippen molar-refractivity contribution >= 4 is 11.8 Å². The number of nitrogens with two attached hydrogens (primary N) is 2. The van der Waals surface area contributed by atoms with Crippen LogP contribution in [0.2, 0.25) is 0 Å². The summed E-state index contributed by atoms with van der Waals surface area (Å²) in [5, 5.41) is 21.7. The number of carbonyl (C=O) groups excluding carboxylic acids is 2. The van der Waals surface area contributed by atoms with E-state index in [4.69, 9.17) is 31.2 Å². The maximum atomic E-state index is 13.1. The molecule has 0 saturated carbocycles. The van der Waals surface area contributed by atoms with Gasteiger partial charge in [0, 0.05) is 91.1 Å². The minimum atomic E-state index is -0.760. The minimum Gasteiger partial charge on any atom is -0.394 e. The third-order valence-corrected chi connectivity index (χ3v) is 7.80. The molecular weight excluding hydrogens is 620 g/mol. The number of nitrogens with one attached hydrogen (secondary N) is 2. The molecule has 48 heavy (non-hydrogen) atoms. The fraction of sp³-hybridized carbons (Fsp3) is 0.625. The Labute approximate surface area is 283 Å². The predicted octanol–water partition coefficient (Wildman–Crippen LogP) is -2.09. The molecule has 3 heterocycles. The van der Waals surface area contributed by atoms with Gasteiger partial charge in [-0.2, -0.15) is 0 Å². The summed E-state index contributed by atoms with van der Waals surface area (Å²) in [7, 11) is 0. The first-order chi connectivity index (χ1) is 23.4. The number of rotatable bonds is 18. The molecule has 268 valence electrons. The number of aliphatic hydroxyl groups is 2. The van der Waals surface area contributed by atoms with Crippen LogP contribution in [-0.4, -0.2) is 156 Å². The van der Waals surface area contributed by atoms with Crippen molar-refractivity contribution in [2.75, 3.05) is 92.0 Å². The summed E-state index contributed by atoms with van der Waals surface area (Å²) in [6, 6.07) is 10.1. The average molecular weight is 675 g/mol. The first-order valence-corrected chi connectivity index (χ1v) is 16.6. The van der Waals surface area contributed by atoms with Crippen molar-refractivity contribution in [2.24, 2.45) is 11.5 Å². The molecular formula is C32H54N10O6. The third-order valence-electron chi connectivity index (χ3n) is 7.80. The molecule has 0 spiro atoms. The number of ether oxygens (including phenoxy) is 2. The van der Waals surface area contributed by atoms with Crippen LogP contribution in [0.25, 0.3) is 0 Å². The van der Waals surface area contributed by atoms with Gasteiger partial charge in [0.15, 0.2) is 0 Å². The molecule has 1 fully saturated rings. The predicted molar refractivity (Wildman–Crippen MR) is 179 cm³/mol. The first-order valence-electron chi connectivity index (χ1n) is 16.6. The van der Waals surface area contributed by atoms with Crippen LogP contribution in [0.3, 0.4) is 0 Å². The van der Waals surface area contributed by atoms with Gasteiger partial charge in [-0.1, -0.05) is 12.1 Å². The van der Waals surface area contributed by atoms with Gasteiger partial charge in [-0.3, -0.25) is 40.2 Å². The molecule has 1 saturated heterocycles. The van der Waals surface area contributed by atoms with Gasteiger partial charge < -0.3 is 31.2 Å². The van der Waals surface area contributed by atoms with Gasteiger partial charge in [0.2, 0.25) is 0 Å². The maximum Gasteiger partial charge on any atom is 0.251 e. The van der Waals surface area contributed by atoms with E-state index in [2.05, 4.69) is 30.6 Å². The summed E-state index contributed by atoms with van der Waals surface area (Å²) in [5.41, 5.74) is 20.2. The number of amides is 2. The number of hydrogen-bond donors (Lipinski definition) is 6. The molecule has 2 unspecified atom stereocenters. The zero-order valence-electron chi connectivity index (χ0n) is 27.9. The molecule has 2 amide bonds. The number of aromatic nitrogens is 2. The van der Waals surface area contributed by atoms with Crippen LogP contribution in [0.5, 0.6) is 0 Å². The molecule has 0 radical (unpaired) electrons. The highest BCUT2D eigenvalue weighted by atomic mass is 16.5. The van der Waals surface area contributed by atoms with E-state index in [-0.39, 0.29) is 51.5 Å². The number of carbonyl (C=O) groups is 2. The zero-order valence-corrected chi connectivity index (χ0v) is 27.9. The molecule has 1 aliphatic heterocycles. The van der Waals surface area contributed by atoms with Crippen LogP contribution in [0.4, 0.5) is 0 Å². The summed E-state index contributed by atoms with van der Waals surface area (Å²) in [5.74, 6) is -0.594. The summed E-state index contributed by atoms with van der Waals surface area (Å²) in [4.78, 5) is 39.7. The Balaban J connectivity index is 1.74. The Morgan fingerprint density at radius 3 is 1.40 bits per heavy atom. The first kappa shape index (κ1) is 39.3. The Kier molecular flexibility index (Phi) is 19.0. The Morgan fingerprint density at radius 1 is 0.667 bits per heavy atom. The lowest BCUT2D eigenvalue weighted by Crippen LogP contribution is -2.56. The van der Waals surface area contributed by atoms with Gasteiger partial charge in [-0.15, -0.1) is 0 Å².